The molecule has 110 valence electrons. The first kappa shape index (κ1) is 19.9. The summed E-state index contributed by atoms with van der Waals surface area (Å²) in [6, 6.07) is 6.06. The van der Waals surface area contributed by atoms with Crippen molar-refractivity contribution in [3.63, 3.8) is 0 Å². The zero-order valence-electron chi connectivity index (χ0n) is 12.8. The van der Waals surface area contributed by atoms with E-state index in [0.717, 1.165) is 0 Å². The lowest BCUT2D eigenvalue weighted by Crippen LogP contribution is -2.20. The molecule has 1 unspecified atom stereocenters. The molecule has 0 heterocycles. The molecule has 1 atom stereocenters. The van der Waals surface area contributed by atoms with E-state index in [1.54, 1.807) is 12.1 Å². The van der Waals surface area contributed by atoms with Gasteiger partial charge in [0.15, 0.2) is 0 Å². The molecule has 0 aliphatic heterocycles. The van der Waals surface area contributed by atoms with Crippen LogP contribution in [0.15, 0.2) is 24.3 Å². The number of rotatable bonds is 4. The Balaban J connectivity index is 0. The second kappa shape index (κ2) is 11.6. The standard InChI is InChI=1S/C10H14N2O3.2C2H6/c1-11(2)7-10(13)8-4-3-5-9(6-8)12(14)15;2*1-2/h3-6,10,13H,7H2,1-2H3;2*1-2H3. The minimum Gasteiger partial charge on any atom is -0.387 e. The van der Waals surface area contributed by atoms with Crippen LogP contribution in [0.3, 0.4) is 0 Å². The smallest absolute Gasteiger partial charge is 0.269 e. The number of aliphatic hydroxyl groups is 1. The molecule has 0 aromatic heterocycles. The van der Waals surface area contributed by atoms with Crippen LogP contribution < -0.4 is 0 Å². The Bertz CT molecular complexity index is 354. The van der Waals surface area contributed by atoms with Gasteiger partial charge in [-0.2, -0.15) is 0 Å². The van der Waals surface area contributed by atoms with Crippen LogP contribution in [0.4, 0.5) is 5.69 Å². The molecule has 1 aromatic rings. The van der Waals surface area contributed by atoms with Gasteiger partial charge in [-0.05, 0) is 19.7 Å². The molecule has 0 fully saturated rings. The number of non-ortho nitro benzene ring substituents is 1. The lowest BCUT2D eigenvalue weighted by atomic mass is 10.1. The Labute approximate surface area is 116 Å². The minimum absolute atomic E-state index is 0.00491. The Hall–Kier alpha value is -1.46. The number of aliphatic hydroxyl groups excluding tert-OH is 1. The molecule has 0 radical (unpaired) electrons. The number of hydrogen-bond acceptors (Lipinski definition) is 4. The number of likely N-dealkylation sites (N-methyl/N-ethyl adjacent to an activating group) is 1. The van der Waals surface area contributed by atoms with E-state index in [9.17, 15) is 15.2 Å². The van der Waals surface area contributed by atoms with Gasteiger partial charge in [-0.3, -0.25) is 10.1 Å². The van der Waals surface area contributed by atoms with E-state index in [1.165, 1.54) is 12.1 Å². The molecule has 0 aliphatic rings. The minimum atomic E-state index is -0.695. The number of nitro groups is 1. The van der Waals surface area contributed by atoms with Crippen molar-refractivity contribution in [1.82, 2.24) is 4.90 Å². The van der Waals surface area contributed by atoms with Gasteiger partial charge >= 0.3 is 0 Å². The Morgan fingerprint density at radius 3 is 2.21 bits per heavy atom. The summed E-state index contributed by atoms with van der Waals surface area (Å²) >= 11 is 0. The zero-order chi connectivity index (χ0) is 15.4. The summed E-state index contributed by atoms with van der Waals surface area (Å²) in [5.74, 6) is 0. The van der Waals surface area contributed by atoms with E-state index in [4.69, 9.17) is 0 Å². The van der Waals surface area contributed by atoms with Crippen molar-refractivity contribution >= 4 is 5.69 Å². The second-order valence-corrected chi connectivity index (χ2v) is 3.63. The van der Waals surface area contributed by atoms with Gasteiger partial charge in [0.25, 0.3) is 5.69 Å². The highest BCUT2D eigenvalue weighted by atomic mass is 16.6. The maximum Gasteiger partial charge on any atom is 0.269 e. The molecule has 0 spiro atoms. The molecular formula is C14H26N2O3. The van der Waals surface area contributed by atoms with Gasteiger partial charge in [0.05, 0.1) is 11.0 Å². The molecule has 0 saturated carbocycles. The fourth-order valence-corrected chi connectivity index (χ4v) is 1.30. The summed E-state index contributed by atoms with van der Waals surface area (Å²) < 4.78 is 0. The highest BCUT2D eigenvalue weighted by Gasteiger charge is 2.12. The van der Waals surface area contributed by atoms with Crippen LogP contribution in [0.25, 0.3) is 0 Å². The van der Waals surface area contributed by atoms with E-state index < -0.39 is 11.0 Å². The van der Waals surface area contributed by atoms with Gasteiger partial charge < -0.3 is 10.0 Å². The average Bonchev–Trinajstić information content (AvgIpc) is 2.42. The molecule has 0 saturated heterocycles. The van der Waals surface area contributed by atoms with E-state index in [2.05, 4.69) is 0 Å². The van der Waals surface area contributed by atoms with E-state index in [0.29, 0.717) is 12.1 Å². The number of benzene rings is 1. The third-order valence-corrected chi connectivity index (χ3v) is 2.00. The summed E-state index contributed by atoms with van der Waals surface area (Å²) in [4.78, 5) is 11.9. The van der Waals surface area contributed by atoms with Crippen LogP contribution in [0, 0.1) is 10.1 Å². The molecule has 19 heavy (non-hydrogen) atoms. The lowest BCUT2D eigenvalue weighted by Gasteiger charge is -2.15. The predicted octanol–water partition coefficient (Wildman–Crippen LogP) is 3.24. The van der Waals surface area contributed by atoms with Gasteiger partial charge in [0.2, 0.25) is 0 Å². The van der Waals surface area contributed by atoms with E-state index in [-0.39, 0.29) is 5.69 Å². The summed E-state index contributed by atoms with van der Waals surface area (Å²) in [6.45, 7) is 8.45. The van der Waals surface area contributed by atoms with Crippen molar-refractivity contribution in [3.05, 3.63) is 39.9 Å². The summed E-state index contributed by atoms with van der Waals surface area (Å²) in [5, 5.41) is 20.2. The Morgan fingerprint density at radius 2 is 1.79 bits per heavy atom. The van der Waals surface area contributed by atoms with Gasteiger partial charge in [-0.15, -0.1) is 0 Å². The van der Waals surface area contributed by atoms with E-state index in [1.807, 2.05) is 46.7 Å². The first-order chi connectivity index (χ1) is 9.00. The summed E-state index contributed by atoms with van der Waals surface area (Å²) in [6.07, 6.45) is -0.695. The molecule has 5 heteroatoms. The van der Waals surface area contributed by atoms with Crippen LogP contribution in [-0.2, 0) is 0 Å². The van der Waals surface area contributed by atoms with Gasteiger partial charge in [-0.1, -0.05) is 39.8 Å². The first-order valence-electron chi connectivity index (χ1n) is 6.58. The van der Waals surface area contributed by atoms with E-state index >= 15 is 0 Å². The maximum absolute atomic E-state index is 10.5. The quantitative estimate of drug-likeness (QED) is 0.673. The molecular weight excluding hydrogens is 244 g/mol. The fraction of sp³-hybridized carbons (Fsp3) is 0.571. The zero-order valence-corrected chi connectivity index (χ0v) is 12.8. The first-order valence-corrected chi connectivity index (χ1v) is 6.58. The van der Waals surface area contributed by atoms with Crippen LogP contribution in [-0.4, -0.2) is 35.6 Å². The van der Waals surface area contributed by atoms with Crippen molar-refractivity contribution in [2.24, 2.45) is 0 Å². The highest BCUT2D eigenvalue weighted by molar-refractivity contribution is 5.35. The molecule has 0 bridgehead atoms. The highest BCUT2D eigenvalue weighted by Crippen LogP contribution is 2.19. The summed E-state index contributed by atoms with van der Waals surface area (Å²) in [7, 11) is 3.67. The van der Waals surface area contributed by atoms with Crippen molar-refractivity contribution in [2.45, 2.75) is 33.8 Å². The van der Waals surface area contributed by atoms with Crippen LogP contribution in [0.1, 0.15) is 39.4 Å². The molecule has 0 aliphatic carbocycles. The fourth-order valence-electron chi connectivity index (χ4n) is 1.30. The largest absolute Gasteiger partial charge is 0.387 e. The Morgan fingerprint density at radius 1 is 1.26 bits per heavy atom. The third kappa shape index (κ3) is 8.29. The predicted molar refractivity (Wildman–Crippen MR) is 79.3 cm³/mol. The van der Waals surface area contributed by atoms with Gasteiger partial charge in [-0.25, -0.2) is 0 Å². The monoisotopic (exact) mass is 270 g/mol. The number of nitrogens with zero attached hydrogens (tertiary/aromatic N) is 2. The van der Waals surface area contributed by atoms with Crippen molar-refractivity contribution < 1.29 is 10.0 Å². The second-order valence-electron chi connectivity index (χ2n) is 3.63. The normalized spacial score (nSPS) is 10.7. The molecule has 5 nitrogen and oxygen atoms in total. The SMILES string of the molecule is CC.CC.CN(C)CC(O)c1cccc([N+](=O)[O-])c1. The molecule has 1 N–H and O–H groups in total. The van der Waals surface area contributed by atoms with Crippen molar-refractivity contribution in [2.75, 3.05) is 20.6 Å². The van der Waals surface area contributed by atoms with Crippen molar-refractivity contribution in [3.8, 4) is 0 Å². The average molecular weight is 270 g/mol. The molecule has 1 rings (SSSR count). The van der Waals surface area contributed by atoms with Crippen LogP contribution in [0.5, 0.6) is 0 Å². The molecule has 1 aromatic carbocycles. The topological polar surface area (TPSA) is 66.6 Å². The van der Waals surface area contributed by atoms with Crippen LogP contribution >= 0.6 is 0 Å². The van der Waals surface area contributed by atoms with Crippen molar-refractivity contribution in [1.29, 1.82) is 0 Å². The van der Waals surface area contributed by atoms with Crippen LogP contribution in [0.2, 0.25) is 0 Å². The summed E-state index contributed by atoms with van der Waals surface area (Å²) in [5.41, 5.74) is 0.572. The maximum atomic E-state index is 10.5. The molecule has 0 amide bonds. The Kier molecular flexibility index (Phi) is 12.2. The lowest BCUT2D eigenvalue weighted by molar-refractivity contribution is -0.385. The van der Waals surface area contributed by atoms with Gasteiger partial charge in [0.1, 0.15) is 0 Å². The van der Waals surface area contributed by atoms with Gasteiger partial charge in [0, 0.05) is 18.7 Å². The number of nitro benzene ring substituents is 1. The number of hydrogen-bond donors (Lipinski definition) is 1. The third-order valence-electron chi connectivity index (χ3n) is 2.00.